The van der Waals surface area contributed by atoms with Crippen molar-refractivity contribution in [3.8, 4) is 5.75 Å². The van der Waals surface area contributed by atoms with Gasteiger partial charge in [-0.3, -0.25) is 4.79 Å². The SMILES string of the molecule is CC(C)=CCc1cc(C(=O)Cc2cc3ccc(OCCCCCN(C)C4CCCCC4)c(C)c3oc2=O)ccc1C. The molecule has 0 radical (unpaired) electrons. The second-order valence-corrected chi connectivity index (χ2v) is 12.1. The molecule has 0 amide bonds. The molecule has 3 aromatic rings. The van der Waals surface area contributed by atoms with E-state index in [-0.39, 0.29) is 12.2 Å². The first kappa shape index (κ1) is 30.8. The molecule has 0 bridgehead atoms. The Bertz CT molecular complexity index is 1420. The monoisotopic (exact) mass is 557 g/mol. The van der Waals surface area contributed by atoms with E-state index in [0.29, 0.717) is 23.3 Å². The Kier molecular flexibility index (Phi) is 11.0. The molecule has 1 saturated carbocycles. The summed E-state index contributed by atoms with van der Waals surface area (Å²) in [6.45, 7) is 9.90. The largest absolute Gasteiger partial charge is 0.493 e. The molecule has 0 spiro atoms. The third-order valence-corrected chi connectivity index (χ3v) is 8.54. The Labute approximate surface area is 245 Å². The molecule has 0 N–H and O–H groups in total. The van der Waals surface area contributed by atoms with E-state index in [1.807, 2.05) is 37.3 Å². The Hall–Kier alpha value is -3.18. The van der Waals surface area contributed by atoms with E-state index < -0.39 is 5.63 Å². The van der Waals surface area contributed by atoms with Gasteiger partial charge >= 0.3 is 5.63 Å². The zero-order valence-corrected chi connectivity index (χ0v) is 25.7. The van der Waals surface area contributed by atoms with E-state index in [2.05, 4.69) is 38.8 Å². The van der Waals surface area contributed by atoms with Gasteiger partial charge in [0.2, 0.25) is 0 Å². The molecule has 1 aliphatic carbocycles. The molecule has 5 nitrogen and oxygen atoms in total. The fraction of sp³-hybridized carbons (Fsp3) is 0.500. The minimum absolute atomic E-state index is 0.0106. The van der Waals surface area contributed by atoms with Gasteiger partial charge in [0.25, 0.3) is 0 Å². The van der Waals surface area contributed by atoms with Crippen LogP contribution in [0.1, 0.15) is 97.8 Å². The van der Waals surface area contributed by atoms with Crippen molar-refractivity contribution in [2.45, 2.75) is 97.9 Å². The maximum atomic E-state index is 13.1. The summed E-state index contributed by atoms with van der Waals surface area (Å²) < 4.78 is 11.8. The maximum Gasteiger partial charge on any atom is 0.339 e. The average Bonchev–Trinajstić information content (AvgIpc) is 2.96. The fourth-order valence-corrected chi connectivity index (χ4v) is 5.81. The second kappa shape index (κ2) is 14.6. The van der Waals surface area contributed by atoms with Gasteiger partial charge in [0.05, 0.1) is 6.61 Å². The lowest BCUT2D eigenvalue weighted by Gasteiger charge is -2.31. The Morgan fingerprint density at radius 3 is 2.54 bits per heavy atom. The smallest absolute Gasteiger partial charge is 0.339 e. The standard InChI is InChI=1S/C36H47NO4/c1-25(2)14-16-28-22-29(17-15-26(28)3)33(38)24-31-23-30-18-19-34(27(4)35(30)41-36(31)39)40-21-11-7-10-20-37(5)32-12-8-6-9-13-32/h14-15,17-19,22-23,32H,6-13,16,20-21,24H2,1-5H3. The number of fused-ring (bicyclic) bond motifs is 1. The average molecular weight is 558 g/mol. The summed E-state index contributed by atoms with van der Waals surface area (Å²) in [6, 6.07) is 12.2. The summed E-state index contributed by atoms with van der Waals surface area (Å²) >= 11 is 0. The van der Waals surface area contributed by atoms with E-state index in [0.717, 1.165) is 59.7 Å². The van der Waals surface area contributed by atoms with Crippen molar-refractivity contribution in [2.24, 2.45) is 0 Å². The topological polar surface area (TPSA) is 59.8 Å². The number of hydrogen-bond donors (Lipinski definition) is 0. The molecule has 4 rings (SSSR count). The molecule has 0 saturated heterocycles. The summed E-state index contributed by atoms with van der Waals surface area (Å²) in [5.41, 5.74) is 5.39. The number of Topliss-reactive ketones (excluding diaryl/α,β-unsaturated/α-hetero) is 1. The van der Waals surface area contributed by atoms with Gasteiger partial charge in [-0.2, -0.15) is 0 Å². The van der Waals surface area contributed by atoms with E-state index in [4.69, 9.17) is 9.15 Å². The van der Waals surface area contributed by atoms with Crippen molar-refractivity contribution >= 4 is 16.8 Å². The summed E-state index contributed by atoms with van der Waals surface area (Å²) in [6.07, 6.45) is 13.1. The van der Waals surface area contributed by atoms with Crippen molar-refractivity contribution < 1.29 is 13.9 Å². The van der Waals surface area contributed by atoms with Gasteiger partial charge < -0.3 is 14.1 Å². The van der Waals surface area contributed by atoms with Crippen molar-refractivity contribution in [1.29, 1.82) is 0 Å². The molecule has 0 atom stereocenters. The normalized spacial score (nSPS) is 14.0. The first-order valence-corrected chi connectivity index (χ1v) is 15.4. The van der Waals surface area contributed by atoms with E-state index in [9.17, 15) is 9.59 Å². The Morgan fingerprint density at radius 1 is 1.00 bits per heavy atom. The predicted molar refractivity (Wildman–Crippen MR) is 168 cm³/mol. The summed E-state index contributed by atoms with van der Waals surface area (Å²) in [4.78, 5) is 28.6. The van der Waals surface area contributed by atoms with Crippen LogP contribution in [0, 0.1) is 13.8 Å². The van der Waals surface area contributed by atoms with Gasteiger partial charge in [0.15, 0.2) is 5.78 Å². The fourth-order valence-electron chi connectivity index (χ4n) is 5.81. The lowest BCUT2D eigenvalue weighted by atomic mass is 9.94. The molecule has 1 heterocycles. The first-order chi connectivity index (χ1) is 19.7. The van der Waals surface area contributed by atoms with Gasteiger partial charge in [-0.15, -0.1) is 0 Å². The molecule has 1 fully saturated rings. The number of hydrogen-bond acceptors (Lipinski definition) is 5. The van der Waals surface area contributed by atoms with Crippen LogP contribution in [0.3, 0.4) is 0 Å². The molecule has 1 aliphatic rings. The van der Waals surface area contributed by atoms with Crippen molar-refractivity contribution in [3.63, 3.8) is 0 Å². The zero-order chi connectivity index (χ0) is 29.4. The second-order valence-electron chi connectivity index (χ2n) is 12.1. The highest BCUT2D eigenvalue weighted by Gasteiger charge is 2.18. The van der Waals surface area contributed by atoms with E-state index in [1.165, 1.54) is 44.1 Å². The number of aryl methyl sites for hydroxylation is 2. The lowest BCUT2D eigenvalue weighted by molar-refractivity contribution is 0.0992. The molecule has 5 heteroatoms. The third kappa shape index (κ3) is 8.42. The minimum atomic E-state index is -0.468. The summed E-state index contributed by atoms with van der Waals surface area (Å²) in [7, 11) is 2.27. The van der Waals surface area contributed by atoms with Crippen LogP contribution in [0.5, 0.6) is 5.75 Å². The number of ether oxygens (including phenoxy) is 1. The molecule has 41 heavy (non-hydrogen) atoms. The van der Waals surface area contributed by atoms with Crippen LogP contribution in [0.25, 0.3) is 11.0 Å². The molecular formula is C36H47NO4. The number of carbonyl (C=O) groups excluding carboxylic acids is 1. The van der Waals surface area contributed by atoms with Gasteiger partial charge in [-0.1, -0.05) is 43.0 Å². The highest BCUT2D eigenvalue weighted by Crippen LogP contribution is 2.28. The van der Waals surface area contributed by atoms with Crippen LogP contribution < -0.4 is 10.4 Å². The molecule has 0 aliphatic heterocycles. The Balaban J connectivity index is 1.33. The lowest BCUT2D eigenvalue weighted by Crippen LogP contribution is -2.34. The maximum absolute atomic E-state index is 13.1. The highest BCUT2D eigenvalue weighted by atomic mass is 16.5. The van der Waals surface area contributed by atoms with Crippen LogP contribution in [0.2, 0.25) is 0 Å². The third-order valence-electron chi connectivity index (χ3n) is 8.54. The number of ketones is 1. The predicted octanol–water partition coefficient (Wildman–Crippen LogP) is 8.16. The van der Waals surface area contributed by atoms with Gasteiger partial charge in [-0.25, -0.2) is 4.79 Å². The minimum Gasteiger partial charge on any atom is -0.493 e. The molecule has 2 aromatic carbocycles. The zero-order valence-electron chi connectivity index (χ0n) is 25.7. The van der Waals surface area contributed by atoms with Gasteiger partial charge in [-0.05, 0) is 115 Å². The van der Waals surface area contributed by atoms with Crippen LogP contribution in [0.15, 0.2) is 57.3 Å². The molecule has 1 aromatic heterocycles. The van der Waals surface area contributed by atoms with Crippen molar-refractivity contribution in [1.82, 2.24) is 4.90 Å². The van der Waals surface area contributed by atoms with Crippen LogP contribution >= 0.6 is 0 Å². The number of carbonyl (C=O) groups is 1. The number of rotatable bonds is 13. The summed E-state index contributed by atoms with van der Waals surface area (Å²) in [5, 5.41) is 0.802. The van der Waals surface area contributed by atoms with E-state index in [1.54, 1.807) is 6.07 Å². The molecule has 0 unspecified atom stereocenters. The molecule has 220 valence electrons. The molecular weight excluding hydrogens is 510 g/mol. The van der Waals surface area contributed by atoms with E-state index >= 15 is 0 Å². The van der Waals surface area contributed by atoms with Gasteiger partial charge in [0, 0.05) is 34.5 Å². The van der Waals surface area contributed by atoms with Crippen molar-refractivity contribution in [3.05, 3.63) is 86.3 Å². The van der Waals surface area contributed by atoms with Crippen molar-refractivity contribution in [2.75, 3.05) is 20.2 Å². The Morgan fingerprint density at radius 2 is 1.78 bits per heavy atom. The van der Waals surface area contributed by atoms with Crippen LogP contribution in [-0.4, -0.2) is 36.9 Å². The highest BCUT2D eigenvalue weighted by molar-refractivity contribution is 5.98. The number of nitrogens with zero attached hydrogens (tertiary/aromatic N) is 1. The van der Waals surface area contributed by atoms with Crippen LogP contribution in [-0.2, 0) is 12.8 Å². The quantitative estimate of drug-likeness (QED) is 0.0918. The number of allylic oxidation sites excluding steroid dienone is 2. The number of benzene rings is 2. The van der Waals surface area contributed by atoms with Crippen LogP contribution in [0.4, 0.5) is 0 Å². The number of unbranched alkanes of at least 4 members (excludes halogenated alkanes) is 2. The summed E-state index contributed by atoms with van der Waals surface area (Å²) in [5.74, 6) is 0.657. The van der Waals surface area contributed by atoms with Gasteiger partial charge in [0.1, 0.15) is 11.3 Å². The first-order valence-electron chi connectivity index (χ1n) is 15.4.